The quantitative estimate of drug-likeness (QED) is 0.660. The van der Waals surface area contributed by atoms with Crippen molar-refractivity contribution in [1.82, 2.24) is 0 Å². The minimum absolute atomic E-state index is 0.0105. The molecule has 0 aromatic rings. The molecule has 0 unspecified atom stereocenters. The molecular weight excluding hydrogens is 166 g/mol. The van der Waals surface area contributed by atoms with Gasteiger partial charge in [0, 0.05) is 12.5 Å². The number of hydrogen-bond donors (Lipinski definition) is 1. The van der Waals surface area contributed by atoms with Crippen LogP contribution in [-0.2, 0) is 9.47 Å². The first kappa shape index (κ1) is 9.44. The van der Waals surface area contributed by atoms with E-state index in [2.05, 4.69) is 13.8 Å². The minimum Gasteiger partial charge on any atom is -0.375 e. The maximum Gasteiger partial charge on any atom is 0.0970 e. The molecule has 2 aliphatic heterocycles. The van der Waals surface area contributed by atoms with Crippen LogP contribution in [0.2, 0.25) is 0 Å². The van der Waals surface area contributed by atoms with Gasteiger partial charge >= 0.3 is 0 Å². The van der Waals surface area contributed by atoms with E-state index >= 15 is 0 Å². The van der Waals surface area contributed by atoms with Crippen molar-refractivity contribution in [2.24, 2.45) is 11.7 Å². The van der Waals surface area contributed by atoms with Crippen molar-refractivity contribution in [3.05, 3.63) is 0 Å². The molecule has 0 amide bonds. The number of hydrogen-bond acceptors (Lipinski definition) is 3. The molecule has 13 heavy (non-hydrogen) atoms. The topological polar surface area (TPSA) is 44.5 Å². The van der Waals surface area contributed by atoms with Crippen LogP contribution in [0.25, 0.3) is 0 Å². The third kappa shape index (κ3) is 1.39. The third-order valence-electron chi connectivity index (χ3n) is 3.68. The van der Waals surface area contributed by atoms with Crippen molar-refractivity contribution in [3.63, 3.8) is 0 Å². The van der Waals surface area contributed by atoms with E-state index in [1.54, 1.807) is 0 Å². The first-order valence-electron chi connectivity index (χ1n) is 5.17. The van der Waals surface area contributed by atoms with Gasteiger partial charge in [-0.05, 0) is 19.8 Å². The van der Waals surface area contributed by atoms with E-state index in [0.29, 0.717) is 18.6 Å². The molecule has 2 rings (SSSR count). The highest BCUT2D eigenvalue weighted by Crippen LogP contribution is 2.43. The van der Waals surface area contributed by atoms with Crippen LogP contribution in [0.3, 0.4) is 0 Å². The Bertz CT molecular complexity index is 197. The Kier molecular flexibility index (Phi) is 2.34. The molecule has 0 aliphatic carbocycles. The zero-order valence-electron chi connectivity index (χ0n) is 8.45. The van der Waals surface area contributed by atoms with E-state index in [4.69, 9.17) is 15.2 Å². The fourth-order valence-electron chi connectivity index (χ4n) is 2.44. The molecular formula is C10H19NO2. The summed E-state index contributed by atoms with van der Waals surface area (Å²) in [7, 11) is 0. The van der Waals surface area contributed by atoms with E-state index < -0.39 is 0 Å². The lowest BCUT2D eigenvalue weighted by molar-refractivity contribution is -0.0586. The van der Waals surface area contributed by atoms with Crippen molar-refractivity contribution in [3.8, 4) is 0 Å². The van der Waals surface area contributed by atoms with Gasteiger partial charge in [0.2, 0.25) is 0 Å². The fourth-order valence-corrected chi connectivity index (χ4v) is 2.44. The molecule has 3 heteroatoms. The summed E-state index contributed by atoms with van der Waals surface area (Å²) in [5.74, 6) is 0.504. The lowest BCUT2D eigenvalue weighted by Gasteiger charge is -2.28. The van der Waals surface area contributed by atoms with Gasteiger partial charge in [-0.2, -0.15) is 0 Å². The second-order valence-corrected chi connectivity index (χ2v) is 4.38. The van der Waals surface area contributed by atoms with E-state index in [1.807, 2.05) is 0 Å². The van der Waals surface area contributed by atoms with Gasteiger partial charge in [-0.3, -0.25) is 0 Å². The van der Waals surface area contributed by atoms with Gasteiger partial charge in [-0.15, -0.1) is 0 Å². The summed E-state index contributed by atoms with van der Waals surface area (Å²) in [6, 6.07) is 0. The first-order chi connectivity index (χ1) is 6.18. The molecule has 4 atom stereocenters. The van der Waals surface area contributed by atoms with Crippen LogP contribution in [0.4, 0.5) is 0 Å². The average molecular weight is 185 g/mol. The van der Waals surface area contributed by atoms with Crippen LogP contribution in [0.5, 0.6) is 0 Å². The molecule has 3 nitrogen and oxygen atoms in total. The molecule has 2 heterocycles. The molecule has 0 radical (unpaired) electrons. The third-order valence-corrected chi connectivity index (χ3v) is 3.68. The van der Waals surface area contributed by atoms with Gasteiger partial charge in [0.05, 0.1) is 24.4 Å². The van der Waals surface area contributed by atoms with Crippen LogP contribution < -0.4 is 5.73 Å². The maximum atomic E-state index is 5.99. The largest absolute Gasteiger partial charge is 0.375 e. The summed E-state index contributed by atoms with van der Waals surface area (Å²) in [4.78, 5) is 0. The lowest BCUT2D eigenvalue weighted by Crippen LogP contribution is -2.38. The molecule has 0 aromatic heterocycles. The standard InChI is InChI=1S/C10H19NO2/c1-7-8(2)12-6-10(7)4-3-9(5-11)13-10/h7-9H,3-6,11H2,1-2H3/t7-,8-,9+,10+/m0/s1. The minimum atomic E-state index is -0.0105. The Morgan fingerprint density at radius 3 is 2.69 bits per heavy atom. The average Bonchev–Trinajstić information content (AvgIpc) is 2.67. The number of rotatable bonds is 1. The Morgan fingerprint density at radius 2 is 2.23 bits per heavy atom. The number of nitrogens with two attached hydrogens (primary N) is 1. The molecule has 2 fully saturated rings. The maximum absolute atomic E-state index is 5.99. The second-order valence-electron chi connectivity index (χ2n) is 4.38. The van der Waals surface area contributed by atoms with Crippen LogP contribution in [0.1, 0.15) is 26.7 Å². The monoisotopic (exact) mass is 185 g/mol. The zero-order chi connectivity index (χ0) is 9.47. The van der Waals surface area contributed by atoms with E-state index in [9.17, 15) is 0 Å². The molecule has 2 aliphatic rings. The van der Waals surface area contributed by atoms with Crippen LogP contribution >= 0.6 is 0 Å². The Labute approximate surface area is 79.6 Å². The summed E-state index contributed by atoms with van der Waals surface area (Å²) in [5.41, 5.74) is 5.59. The SMILES string of the molecule is C[C@@H]1OC[C@]2(CC[C@H](CN)O2)[C@H]1C. The Balaban J connectivity index is 2.06. The van der Waals surface area contributed by atoms with Gasteiger partial charge in [-0.25, -0.2) is 0 Å². The highest BCUT2D eigenvalue weighted by Gasteiger charge is 2.50. The van der Waals surface area contributed by atoms with E-state index in [-0.39, 0.29) is 11.7 Å². The second kappa shape index (κ2) is 3.23. The molecule has 0 aromatic carbocycles. The van der Waals surface area contributed by atoms with Gasteiger partial charge in [0.1, 0.15) is 0 Å². The molecule has 0 bridgehead atoms. The van der Waals surface area contributed by atoms with Crippen molar-refractivity contribution in [1.29, 1.82) is 0 Å². The summed E-state index contributed by atoms with van der Waals surface area (Å²) in [6.07, 6.45) is 2.80. The Hall–Kier alpha value is -0.120. The van der Waals surface area contributed by atoms with Crippen molar-refractivity contribution in [2.45, 2.75) is 44.5 Å². The van der Waals surface area contributed by atoms with Crippen molar-refractivity contribution >= 4 is 0 Å². The predicted molar refractivity (Wildman–Crippen MR) is 50.5 cm³/mol. The molecule has 0 saturated carbocycles. The van der Waals surface area contributed by atoms with Crippen LogP contribution in [-0.4, -0.2) is 31.0 Å². The normalized spacial score (nSPS) is 50.5. The molecule has 1 spiro atoms. The smallest absolute Gasteiger partial charge is 0.0970 e. The summed E-state index contributed by atoms with van der Waals surface area (Å²) < 4.78 is 11.6. The molecule has 2 saturated heterocycles. The van der Waals surface area contributed by atoms with Gasteiger partial charge in [0.25, 0.3) is 0 Å². The number of ether oxygens (including phenoxy) is 2. The lowest BCUT2D eigenvalue weighted by atomic mass is 9.86. The van der Waals surface area contributed by atoms with Gasteiger partial charge in [0.15, 0.2) is 0 Å². The predicted octanol–water partition coefficient (Wildman–Crippen LogP) is 0.918. The molecule has 2 N–H and O–H groups in total. The fraction of sp³-hybridized carbons (Fsp3) is 1.00. The highest BCUT2D eigenvalue weighted by molar-refractivity contribution is 4.99. The first-order valence-corrected chi connectivity index (χ1v) is 5.17. The summed E-state index contributed by atoms with van der Waals surface area (Å²) in [6.45, 7) is 5.74. The highest BCUT2D eigenvalue weighted by atomic mass is 16.6. The van der Waals surface area contributed by atoms with Crippen molar-refractivity contribution < 1.29 is 9.47 Å². The van der Waals surface area contributed by atoms with Crippen LogP contribution in [0.15, 0.2) is 0 Å². The van der Waals surface area contributed by atoms with E-state index in [1.165, 1.54) is 0 Å². The summed E-state index contributed by atoms with van der Waals surface area (Å²) in [5, 5.41) is 0. The van der Waals surface area contributed by atoms with Crippen molar-refractivity contribution in [2.75, 3.05) is 13.2 Å². The van der Waals surface area contributed by atoms with Gasteiger partial charge in [-0.1, -0.05) is 6.92 Å². The summed E-state index contributed by atoms with van der Waals surface area (Å²) >= 11 is 0. The van der Waals surface area contributed by atoms with Crippen LogP contribution in [0, 0.1) is 5.92 Å². The van der Waals surface area contributed by atoms with Gasteiger partial charge < -0.3 is 15.2 Å². The Morgan fingerprint density at radius 1 is 1.46 bits per heavy atom. The van der Waals surface area contributed by atoms with E-state index in [0.717, 1.165) is 19.4 Å². The molecule has 76 valence electrons. The zero-order valence-corrected chi connectivity index (χ0v) is 8.45.